The van der Waals surface area contributed by atoms with Gasteiger partial charge in [0.25, 0.3) is 5.56 Å². The molecular formula is C25H29Cl2N3O5. The summed E-state index contributed by atoms with van der Waals surface area (Å²) >= 11 is 0. The van der Waals surface area contributed by atoms with Gasteiger partial charge < -0.3 is 35.0 Å². The first-order chi connectivity index (χ1) is 16.1. The van der Waals surface area contributed by atoms with Gasteiger partial charge in [-0.2, -0.15) is 0 Å². The highest BCUT2D eigenvalue weighted by Crippen LogP contribution is 2.51. The summed E-state index contributed by atoms with van der Waals surface area (Å²) in [6.45, 7) is 1.68. The first kappa shape index (κ1) is 26.7. The second kappa shape index (κ2) is 10.8. The van der Waals surface area contributed by atoms with Gasteiger partial charge in [0, 0.05) is 23.1 Å². The molecule has 5 rings (SSSR count). The van der Waals surface area contributed by atoms with Gasteiger partial charge in [-0.1, -0.05) is 6.08 Å². The maximum absolute atomic E-state index is 13.8. The smallest absolute Gasteiger partial charge is 0.259 e. The fraction of sp³-hybridized carbons (Fsp3) is 0.320. The number of nitrogens with two attached hydrogens (primary N) is 2. The van der Waals surface area contributed by atoms with Gasteiger partial charge in [-0.25, -0.2) is 0 Å². The molecule has 0 spiro atoms. The lowest BCUT2D eigenvalue weighted by Crippen LogP contribution is -2.24. The number of halogens is 2. The third-order valence-electron chi connectivity index (χ3n) is 6.20. The van der Waals surface area contributed by atoms with Gasteiger partial charge in [-0.15, -0.1) is 24.8 Å². The quantitative estimate of drug-likeness (QED) is 0.381. The molecule has 0 fully saturated rings. The average molecular weight is 522 g/mol. The summed E-state index contributed by atoms with van der Waals surface area (Å²) < 4.78 is 24.2. The molecule has 0 radical (unpaired) electrons. The van der Waals surface area contributed by atoms with Crippen molar-refractivity contribution in [3.05, 3.63) is 51.8 Å². The molecule has 1 aromatic heterocycles. The minimum absolute atomic E-state index is 0. The summed E-state index contributed by atoms with van der Waals surface area (Å²) in [7, 11) is 3.15. The van der Waals surface area contributed by atoms with Crippen molar-refractivity contribution in [2.45, 2.75) is 19.4 Å². The molecule has 2 aliphatic rings. The third-order valence-corrected chi connectivity index (χ3v) is 6.20. The zero-order valence-corrected chi connectivity index (χ0v) is 21.2. The molecule has 0 unspecified atom stereocenters. The van der Waals surface area contributed by atoms with Crippen molar-refractivity contribution in [1.29, 1.82) is 0 Å². The van der Waals surface area contributed by atoms with Crippen molar-refractivity contribution in [2.75, 3.05) is 34.1 Å². The van der Waals surface area contributed by atoms with Crippen molar-refractivity contribution >= 4 is 41.2 Å². The van der Waals surface area contributed by atoms with Crippen LogP contribution in [0.2, 0.25) is 0 Å². The van der Waals surface area contributed by atoms with E-state index in [2.05, 4.69) is 6.08 Å². The highest BCUT2D eigenvalue weighted by molar-refractivity contribution is 6.10. The molecule has 10 heteroatoms. The van der Waals surface area contributed by atoms with Crippen LogP contribution < -0.4 is 36.0 Å². The molecular weight excluding hydrogens is 493 g/mol. The standard InChI is InChI=1S/C25H27N3O5.2ClH/c1-30-19-10-16-18(12-20(19)31-2)25(29)28(8-4-7-27)24-17-11-22-21(32-13-33-22)9-15(17)14(23(16)24)5-3-6-26;;/h5,9-12H,3-4,6-8,13,26-27H2,1-2H3;2*1H/b14-5+;;. The lowest BCUT2D eigenvalue weighted by Gasteiger charge is -2.17. The predicted octanol–water partition coefficient (Wildman–Crippen LogP) is 3.70. The van der Waals surface area contributed by atoms with E-state index < -0.39 is 0 Å². The second-order valence-electron chi connectivity index (χ2n) is 8.02. The fourth-order valence-corrected chi connectivity index (χ4v) is 4.72. The Morgan fingerprint density at radius 1 is 0.943 bits per heavy atom. The van der Waals surface area contributed by atoms with Gasteiger partial charge in [0.2, 0.25) is 6.79 Å². The maximum Gasteiger partial charge on any atom is 0.259 e. The van der Waals surface area contributed by atoms with E-state index in [1.54, 1.807) is 20.3 Å². The van der Waals surface area contributed by atoms with E-state index in [1.165, 1.54) is 0 Å². The average Bonchev–Trinajstić information content (AvgIpc) is 3.42. The summed E-state index contributed by atoms with van der Waals surface area (Å²) in [4.78, 5) is 13.8. The second-order valence-corrected chi connectivity index (χ2v) is 8.02. The molecule has 188 valence electrons. The fourth-order valence-electron chi connectivity index (χ4n) is 4.72. The Morgan fingerprint density at radius 3 is 2.17 bits per heavy atom. The molecule has 4 N–H and O–H groups in total. The van der Waals surface area contributed by atoms with E-state index in [0.29, 0.717) is 60.9 Å². The first-order valence-corrected chi connectivity index (χ1v) is 11.0. The van der Waals surface area contributed by atoms with Crippen molar-refractivity contribution in [2.24, 2.45) is 11.5 Å². The van der Waals surface area contributed by atoms with Gasteiger partial charge in [0.15, 0.2) is 23.0 Å². The van der Waals surface area contributed by atoms with Gasteiger partial charge in [0.1, 0.15) is 0 Å². The molecule has 0 saturated heterocycles. The summed E-state index contributed by atoms with van der Waals surface area (Å²) in [5.74, 6) is 2.44. The molecule has 0 saturated carbocycles. The van der Waals surface area contributed by atoms with Crippen molar-refractivity contribution in [1.82, 2.24) is 4.57 Å². The Kier molecular flexibility index (Phi) is 8.22. The number of rotatable bonds is 7. The van der Waals surface area contributed by atoms with E-state index in [4.69, 9.17) is 30.4 Å². The highest BCUT2D eigenvalue weighted by atomic mass is 35.5. The molecule has 35 heavy (non-hydrogen) atoms. The summed E-state index contributed by atoms with van der Waals surface area (Å²) in [5, 5.41) is 1.37. The minimum atomic E-state index is -0.0955. The van der Waals surface area contributed by atoms with Crippen LogP contribution >= 0.6 is 24.8 Å². The summed E-state index contributed by atoms with van der Waals surface area (Å²) in [6, 6.07) is 7.59. The van der Waals surface area contributed by atoms with Crippen molar-refractivity contribution in [3.8, 4) is 34.3 Å². The number of hydrogen-bond donors (Lipinski definition) is 2. The Bertz CT molecular complexity index is 1350. The van der Waals surface area contributed by atoms with Gasteiger partial charge in [-0.3, -0.25) is 4.79 Å². The molecule has 0 amide bonds. The number of pyridine rings is 1. The number of hydrogen-bond acceptors (Lipinski definition) is 7. The molecule has 1 aliphatic heterocycles. The minimum Gasteiger partial charge on any atom is -0.493 e. The maximum atomic E-state index is 13.8. The van der Waals surface area contributed by atoms with E-state index in [-0.39, 0.29) is 37.2 Å². The number of nitrogens with zero attached hydrogens (tertiary/aromatic N) is 1. The number of ether oxygens (including phenoxy) is 4. The lowest BCUT2D eigenvalue weighted by molar-refractivity contribution is 0.174. The Morgan fingerprint density at radius 2 is 1.57 bits per heavy atom. The molecule has 3 aromatic rings. The zero-order chi connectivity index (χ0) is 23.1. The van der Waals surface area contributed by atoms with Crippen molar-refractivity contribution in [3.63, 3.8) is 0 Å². The predicted molar refractivity (Wildman–Crippen MR) is 142 cm³/mol. The van der Waals surface area contributed by atoms with Crippen molar-refractivity contribution < 1.29 is 18.9 Å². The molecule has 8 nitrogen and oxygen atoms in total. The molecule has 1 aliphatic carbocycles. The number of fused-ring (bicyclic) bond motifs is 6. The summed E-state index contributed by atoms with van der Waals surface area (Å²) in [6.07, 6.45) is 3.49. The lowest BCUT2D eigenvalue weighted by atomic mass is 9.97. The Labute approximate surface area is 215 Å². The van der Waals surface area contributed by atoms with Gasteiger partial charge >= 0.3 is 0 Å². The summed E-state index contributed by atoms with van der Waals surface area (Å²) in [5.41, 5.74) is 16.3. The van der Waals surface area contributed by atoms with Crippen LogP contribution in [0.5, 0.6) is 23.0 Å². The van der Waals surface area contributed by atoms with Crippen LogP contribution in [0.25, 0.3) is 27.6 Å². The number of benzene rings is 2. The highest BCUT2D eigenvalue weighted by Gasteiger charge is 2.33. The van der Waals surface area contributed by atoms with E-state index >= 15 is 0 Å². The van der Waals surface area contributed by atoms with E-state index in [9.17, 15) is 4.79 Å². The van der Waals surface area contributed by atoms with E-state index in [0.717, 1.165) is 33.3 Å². The largest absolute Gasteiger partial charge is 0.493 e. The molecule has 0 bridgehead atoms. The van der Waals surface area contributed by atoms with E-state index in [1.807, 2.05) is 22.8 Å². The van der Waals surface area contributed by atoms with Crippen LogP contribution in [0.15, 0.2) is 35.1 Å². The molecule has 0 atom stereocenters. The Hall–Kier alpha value is -2.91. The monoisotopic (exact) mass is 521 g/mol. The van der Waals surface area contributed by atoms with Crippen LogP contribution in [-0.2, 0) is 6.54 Å². The van der Waals surface area contributed by atoms with Gasteiger partial charge in [0.05, 0.1) is 25.3 Å². The SMILES string of the molecule is COc1cc2c3c(n(CCCN)c(=O)c2cc1OC)-c1cc2c(cc1/C3=C\CCN)OCO2.Cl.Cl. The van der Waals surface area contributed by atoms with Crippen LogP contribution in [0.1, 0.15) is 24.0 Å². The molecule has 2 aromatic carbocycles. The van der Waals surface area contributed by atoms with Crippen LogP contribution in [0.3, 0.4) is 0 Å². The molecule has 2 heterocycles. The van der Waals surface area contributed by atoms with Crippen LogP contribution in [-0.4, -0.2) is 38.7 Å². The normalized spacial score (nSPS) is 13.8. The van der Waals surface area contributed by atoms with Crippen LogP contribution in [0, 0.1) is 0 Å². The number of aromatic nitrogens is 1. The number of methoxy groups -OCH3 is 2. The zero-order valence-electron chi connectivity index (χ0n) is 19.6. The Balaban J connectivity index is 0.00000171. The topological polar surface area (TPSA) is 111 Å². The van der Waals surface area contributed by atoms with Gasteiger partial charge in [-0.05, 0) is 61.3 Å². The first-order valence-electron chi connectivity index (χ1n) is 11.0. The van der Waals surface area contributed by atoms with Crippen LogP contribution in [0.4, 0.5) is 0 Å². The third kappa shape index (κ3) is 4.21.